The van der Waals surface area contributed by atoms with E-state index in [1.807, 2.05) is 24.3 Å². The smallest absolute Gasteiger partial charge is 0.150 e. The number of hydrogen-bond acceptors (Lipinski definition) is 2. The zero-order chi connectivity index (χ0) is 21.0. The van der Waals surface area contributed by atoms with E-state index < -0.39 is 0 Å². The minimum Gasteiger partial charge on any atom is -0.351 e. The number of carbonyl (C=O) groups excluding carboxylic acids is 1. The molecule has 1 rings (SSSR count). The van der Waals surface area contributed by atoms with Crippen molar-refractivity contribution < 1.29 is 4.79 Å². The molecule has 1 aromatic carbocycles. The molecule has 0 unspecified atom stereocenters. The Balaban J connectivity index is 1.87. The van der Waals surface area contributed by atoms with Crippen LogP contribution in [0.4, 0.5) is 5.69 Å². The van der Waals surface area contributed by atoms with Crippen LogP contribution in [0.1, 0.15) is 120 Å². The number of nitrogens with zero attached hydrogens (tertiary/aromatic N) is 1. The lowest BCUT2D eigenvalue weighted by Gasteiger charge is -2.14. The Hall–Kier alpha value is -1.57. The second-order valence-electron chi connectivity index (χ2n) is 8.44. The molecule has 0 saturated carbocycles. The molecule has 0 fully saturated rings. The van der Waals surface area contributed by atoms with Crippen LogP contribution in [0.15, 0.2) is 36.5 Å². The summed E-state index contributed by atoms with van der Waals surface area (Å²) < 4.78 is 0. The summed E-state index contributed by atoms with van der Waals surface area (Å²) in [4.78, 5) is 12.8. The first-order valence-electron chi connectivity index (χ1n) is 12.2. The molecule has 0 radical (unpaired) electrons. The number of unbranched alkanes of at least 4 members (excludes halogenated alkanes) is 15. The molecule has 164 valence electrons. The van der Waals surface area contributed by atoms with Crippen molar-refractivity contribution in [3.8, 4) is 0 Å². The van der Waals surface area contributed by atoms with E-state index in [1.54, 1.807) is 0 Å². The van der Waals surface area contributed by atoms with Crippen molar-refractivity contribution in [1.29, 1.82) is 0 Å². The summed E-state index contributed by atoms with van der Waals surface area (Å²) >= 11 is 0. The lowest BCUT2D eigenvalue weighted by molar-refractivity contribution is 0.112. The SMILES string of the molecule is CCCCCCCCCCCCCCCCCC=CN(C)c1ccc(C=O)cc1. The Bertz CT molecular complexity index is 520. The molecule has 0 heterocycles. The van der Waals surface area contributed by atoms with Crippen LogP contribution >= 0.6 is 0 Å². The minimum absolute atomic E-state index is 0.726. The van der Waals surface area contributed by atoms with Crippen LogP contribution in [0.2, 0.25) is 0 Å². The summed E-state index contributed by atoms with van der Waals surface area (Å²) in [6, 6.07) is 7.70. The Morgan fingerprint density at radius 2 is 1.14 bits per heavy atom. The second kappa shape index (κ2) is 18.5. The minimum atomic E-state index is 0.726. The average Bonchev–Trinajstić information content (AvgIpc) is 2.75. The van der Waals surface area contributed by atoms with Gasteiger partial charge in [0.15, 0.2) is 0 Å². The van der Waals surface area contributed by atoms with Gasteiger partial charge in [-0.15, -0.1) is 0 Å². The molecule has 0 spiro atoms. The Kier molecular flexibility index (Phi) is 16.2. The van der Waals surface area contributed by atoms with E-state index in [9.17, 15) is 4.79 Å². The fourth-order valence-electron chi connectivity index (χ4n) is 3.74. The fourth-order valence-corrected chi connectivity index (χ4v) is 3.74. The predicted molar refractivity (Wildman–Crippen MR) is 129 cm³/mol. The standard InChI is InChI=1S/C27H45NO/c1-3-4-5-6-7-8-9-10-11-12-13-14-15-16-17-18-19-24-28(2)27-22-20-26(25-29)21-23-27/h19-25H,3-18H2,1-2H3. The van der Waals surface area contributed by atoms with Gasteiger partial charge in [0.2, 0.25) is 0 Å². The van der Waals surface area contributed by atoms with E-state index in [-0.39, 0.29) is 0 Å². The molecule has 0 aliphatic heterocycles. The molecule has 0 aliphatic rings. The van der Waals surface area contributed by atoms with Gasteiger partial charge in [0.1, 0.15) is 6.29 Å². The third kappa shape index (κ3) is 14.1. The highest BCUT2D eigenvalue weighted by molar-refractivity contribution is 5.75. The van der Waals surface area contributed by atoms with Gasteiger partial charge in [-0.25, -0.2) is 0 Å². The third-order valence-corrected chi connectivity index (χ3v) is 5.74. The third-order valence-electron chi connectivity index (χ3n) is 5.74. The highest BCUT2D eigenvalue weighted by Gasteiger charge is 1.97. The molecule has 0 N–H and O–H groups in total. The largest absolute Gasteiger partial charge is 0.351 e. The van der Waals surface area contributed by atoms with Crippen molar-refractivity contribution >= 4 is 12.0 Å². The van der Waals surface area contributed by atoms with E-state index in [2.05, 4.69) is 31.1 Å². The first-order valence-corrected chi connectivity index (χ1v) is 12.2. The maximum Gasteiger partial charge on any atom is 0.150 e. The van der Waals surface area contributed by atoms with Crippen molar-refractivity contribution in [3.05, 3.63) is 42.1 Å². The summed E-state index contributed by atoms with van der Waals surface area (Å²) in [6.07, 6.45) is 27.6. The Morgan fingerprint density at radius 3 is 1.59 bits per heavy atom. The number of rotatable bonds is 19. The number of aldehydes is 1. The van der Waals surface area contributed by atoms with E-state index in [0.29, 0.717) is 0 Å². The van der Waals surface area contributed by atoms with Gasteiger partial charge < -0.3 is 4.90 Å². The van der Waals surface area contributed by atoms with Gasteiger partial charge in [0.05, 0.1) is 0 Å². The topological polar surface area (TPSA) is 20.3 Å². The maximum atomic E-state index is 10.7. The lowest BCUT2D eigenvalue weighted by atomic mass is 10.0. The average molecular weight is 400 g/mol. The van der Waals surface area contributed by atoms with Crippen LogP contribution in [0.25, 0.3) is 0 Å². The zero-order valence-corrected chi connectivity index (χ0v) is 19.2. The summed E-state index contributed by atoms with van der Waals surface area (Å²) in [5.41, 5.74) is 1.84. The molecule has 0 aliphatic carbocycles. The van der Waals surface area contributed by atoms with E-state index in [1.165, 1.54) is 96.3 Å². The summed E-state index contributed by atoms with van der Waals surface area (Å²) in [5.74, 6) is 0. The predicted octanol–water partition coefficient (Wildman–Crippen LogP) is 8.71. The van der Waals surface area contributed by atoms with Crippen LogP contribution in [0.3, 0.4) is 0 Å². The van der Waals surface area contributed by atoms with Gasteiger partial charge in [0.25, 0.3) is 0 Å². The molecular weight excluding hydrogens is 354 g/mol. The van der Waals surface area contributed by atoms with Gasteiger partial charge in [-0.3, -0.25) is 4.79 Å². The summed E-state index contributed by atoms with van der Waals surface area (Å²) in [7, 11) is 2.05. The molecule has 2 nitrogen and oxygen atoms in total. The van der Waals surface area contributed by atoms with E-state index in [4.69, 9.17) is 0 Å². The van der Waals surface area contributed by atoms with Crippen LogP contribution in [-0.4, -0.2) is 13.3 Å². The highest BCUT2D eigenvalue weighted by atomic mass is 16.1. The lowest BCUT2D eigenvalue weighted by Crippen LogP contribution is -2.07. The van der Waals surface area contributed by atoms with Crippen molar-refractivity contribution in [3.63, 3.8) is 0 Å². The van der Waals surface area contributed by atoms with Crippen molar-refractivity contribution in [1.82, 2.24) is 0 Å². The first-order chi connectivity index (χ1) is 14.3. The van der Waals surface area contributed by atoms with Crippen molar-refractivity contribution in [2.45, 2.75) is 110 Å². The van der Waals surface area contributed by atoms with Crippen LogP contribution in [0, 0.1) is 0 Å². The number of allylic oxidation sites excluding steroid dienone is 1. The number of benzene rings is 1. The summed E-state index contributed by atoms with van der Waals surface area (Å²) in [5, 5.41) is 0. The molecule has 0 atom stereocenters. The first kappa shape index (κ1) is 25.5. The fraction of sp³-hybridized carbons (Fsp3) is 0.667. The number of carbonyl (C=O) groups is 1. The molecule has 0 bridgehead atoms. The molecule has 0 saturated heterocycles. The molecule has 2 heteroatoms. The molecule has 0 amide bonds. The van der Waals surface area contributed by atoms with Crippen LogP contribution in [-0.2, 0) is 0 Å². The van der Waals surface area contributed by atoms with E-state index in [0.717, 1.165) is 24.0 Å². The van der Waals surface area contributed by atoms with E-state index >= 15 is 0 Å². The monoisotopic (exact) mass is 399 g/mol. The zero-order valence-electron chi connectivity index (χ0n) is 19.2. The quantitative estimate of drug-likeness (QED) is 0.171. The van der Waals surface area contributed by atoms with Crippen molar-refractivity contribution in [2.24, 2.45) is 0 Å². The van der Waals surface area contributed by atoms with Gasteiger partial charge in [-0.2, -0.15) is 0 Å². The second-order valence-corrected chi connectivity index (χ2v) is 8.44. The van der Waals surface area contributed by atoms with Crippen LogP contribution in [0.5, 0.6) is 0 Å². The van der Waals surface area contributed by atoms with Crippen molar-refractivity contribution in [2.75, 3.05) is 11.9 Å². The van der Waals surface area contributed by atoms with Gasteiger partial charge in [-0.1, -0.05) is 103 Å². The maximum absolute atomic E-state index is 10.7. The Morgan fingerprint density at radius 1 is 0.690 bits per heavy atom. The normalized spacial score (nSPS) is 11.2. The van der Waals surface area contributed by atoms with Gasteiger partial charge in [0, 0.05) is 18.3 Å². The molecule has 29 heavy (non-hydrogen) atoms. The number of anilines is 1. The van der Waals surface area contributed by atoms with Crippen LogP contribution < -0.4 is 4.90 Å². The summed E-state index contributed by atoms with van der Waals surface area (Å²) in [6.45, 7) is 2.29. The Labute approximate surface area is 180 Å². The number of hydrogen-bond donors (Lipinski definition) is 0. The van der Waals surface area contributed by atoms with Gasteiger partial charge >= 0.3 is 0 Å². The molecule has 0 aromatic heterocycles. The molecule has 1 aromatic rings. The highest BCUT2D eigenvalue weighted by Crippen LogP contribution is 2.15. The molecular formula is C27H45NO. The van der Waals surface area contributed by atoms with Gasteiger partial charge in [-0.05, 0) is 43.3 Å².